The van der Waals surface area contributed by atoms with Crippen molar-refractivity contribution in [3.63, 3.8) is 0 Å². The highest BCUT2D eigenvalue weighted by atomic mass is 16.4. The molecule has 3 N–H and O–H groups in total. The average molecular weight is 515 g/mol. The second-order valence-corrected chi connectivity index (χ2v) is 10.6. The number of carboxylic acids is 2. The molecule has 2 fully saturated rings. The summed E-state index contributed by atoms with van der Waals surface area (Å²) in [6.07, 6.45) is 1.38. The van der Waals surface area contributed by atoms with E-state index in [2.05, 4.69) is 67.4 Å². The Bertz CT molecular complexity index is 1220. The minimum Gasteiger partial charge on any atom is -0.480 e. The maximum atomic E-state index is 11.8. The van der Waals surface area contributed by atoms with Gasteiger partial charge in [-0.2, -0.15) is 0 Å². The van der Waals surface area contributed by atoms with E-state index in [4.69, 9.17) is 5.11 Å². The largest absolute Gasteiger partial charge is 0.480 e. The molecule has 6 nitrogen and oxygen atoms in total. The fourth-order valence-corrected chi connectivity index (χ4v) is 5.87. The Hall–Kier alpha value is -3.48. The van der Waals surface area contributed by atoms with Gasteiger partial charge in [0.2, 0.25) is 0 Å². The zero-order chi connectivity index (χ0) is 27.2. The lowest BCUT2D eigenvalue weighted by Gasteiger charge is -2.23. The predicted octanol–water partition coefficient (Wildman–Crippen LogP) is 5.27. The molecule has 3 aromatic carbocycles. The van der Waals surface area contributed by atoms with E-state index >= 15 is 0 Å². The lowest BCUT2D eigenvalue weighted by Crippen LogP contribution is -2.35. The molecule has 4 atom stereocenters. The van der Waals surface area contributed by atoms with Gasteiger partial charge in [0, 0.05) is 19.6 Å². The van der Waals surface area contributed by atoms with Crippen LogP contribution in [0.2, 0.25) is 0 Å². The van der Waals surface area contributed by atoms with Crippen molar-refractivity contribution >= 4 is 11.9 Å². The van der Waals surface area contributed by atoms with Gasteiger partial charge in [-0.25, -0.2) is 0 Å². The third kappa shape index (κ3) is 6.69. The van der Waals surface area contributed by atoms with Gasteiger partial charge in [-0.1, -0.05) is 78.4 Å². The van der Waals surface area contributed by atoms with Crippen molar-refractivity contribution in [3.05, 3.63) is 106 Å². The van der Waals surface area contributed by atoms with Crippen LogP contribution in [-0.4, -0.2) is 52.2 Å². The molecule has 0 aliphatic carbocycles. The molecule has 2 saturated heterocycles. The number of nitrogens with zero attached hydrogens (tertiary/aromatic N) is 1. The molecule has 0 aromatic heterocycles. The molecule has 38 heavy (non-hydrogen) atoms. The highest BCUT2D eigenvalue weighted by Gasteiger charge is 2.37. The number of aliphatic carboxylic acids is 2. The number of carboxylic acid groups (broad SMARTS) is 2. The normalized spacial score (nSPS) is 23.0. The molecule has 0 amide bonds. The third-order valence-electron chi connectivity index (χ3n) is 7.86. The summed E-state index contributed by atoms with van der Waals surface area (Å²) >= 11 is 0. The van der Waals surface area contributed by atoms with Gasteiger partial charge in [-0.05, 0) is 73.3 Å². The predicted molar refractivity (Wildman–Crippen MR) is 150 cm³/mol. The minimum atomic E-state index is -0.747. The standard InChI is InChI=1S/C21H25NO2.C11H13NO2/c1-14-9-15(2)19(16(3)10-14)13-22-12-18(11-20(22)21(23)24)17-7-5-4-6-8-17;13-11(14)10-6-9(7-12-10)8-4-2-1-3-5-8/h4-10,18,20H,11-13H2,1-3H3,(H,23,24);1-5,9-10,12H,6-7H2,(H,13,14)/t18-,20-;9-,10-/m00/s1. The number of hydrogen-bond acceptors (Lipinski definition) is 4. The number of hydrogen-bond donors (Lipinski definition) is 3. The first-order valence-electron chi connectivity index (χ1n) is 13.3. The molecule has 0 spiro atoms. The first kappa shape index (κ1) is 27.6. The summed E-state index contributed by atoms with van der Waals surface area (Å²) in [4.78, 5) is 24.6. The summed E-state index contributed by atoms with van der Waals surface area (Å²) < 4.78 is 0. The molecule has 2 aliphatic rings. The van der Waals surface area contributed by atoms with Crippen molar-refractivity contribution in [1.82, 2.24) is 10.2 Å². The van der Waals surface area contributed by atoms with Crippen LogP contribution in [0, 0.1) is 20.8 Å². The van der Waals surface area contributed by atoms with E-state index in [1.165, 1.54) is 33.4 Å². The highest BCUT2D eigenvalue weighted by molar-refractivity contribution is 5.74. The topological polar surface area (TPSA) is 89.9 Å². The first-order chi connectivity index (χ1) is 18.2. The van der Waals surface area contributed by atoms with E-state index in [0.717, 1.165) is 13.1 Å². The van der Waals surface area contributed by atoms with Gasteiger partial charge in [0.05, 0.1) is 0 Å². The maximum Gasteiger partial charge on any atom is 0.320 e. The van der Waals surface area contributed by atoms with Crippen molar-refractivity contribution in [3.8, 4) is 0 Å². The second kappa shape index (κ2) is 12.4. The Kier molecular flexibility index (Phi) is 8.97. The van der Waals surface area contributed by atoms with E-state index in [-0.39, 0.29) is 6.04 Å². The van der Waals surface area contributed by atoms with Crippen molar-refractivity contribution in [2.45, 2.75) is 64.1 Å². The monoisotopic (exact) mass is 514 g/mol. The fourth-order valence-electron chi connectivity index (χ4n) is 5.87. The van der Waals surface area contributed by atoms with Gasteiger partial charge in [0.1, 0.15) is 12.1 Å². The summed E-state index contributed by atoms with van der Waals surface area (Å²) in [5, 5.41) is 21.5. The molecule has 2 aliphatic heterocycles. The Balaban J connectivity index is 0.000000204. The molecule has 2 heterocycles. The van der Waals surface area contributed by atoms with Gasteiger partial charge in [-0.15, -0.1) is 0 Å². The summed E-state index contributed by atoms with van der Waals surface area (Å²) in [7, 11) is 0. The highest BCUT2D eigenvalue weighted by Crippen LogP contribution is 2.34. The van der Waals surface area contributed by atoms with E-state index in [1.54, 1.807) is 0 Å². The lowest BCUT2D eigenvalue weighted by molar-refractivity contribution is -0.142. The Labute approximate surface area is 225 Å². The number of likely N-dealkylation sites (tertiary alicyclic amines) is 1. The molecular weight excluding hydrogens is 476 g/mol. The smallest absolute Gasteiger partial charge is 0.320 e. The molecule has 3 aromatic rings. The van der Waals surface area contributed by atoms with Gasteiger partial charge < -0.3 is 15.5 Å². The van der Waals surface area contributed by atoms with Gasteiger partial charge >= 0.3 is 11.9 Å². The Morgan fingerprint density at radius 2 is 1.37 bits per heavy atom. The Morgan fingerprint density at radius 1 is 0.816 bits per heavy atom. The van der Waals surface area contributed by atoms with Crippen molar-refractivity contribution in [2.24, 2.45) is 0 Å². The number of carbonyl (C=O) groups is 2. The number of nitrogens with one attached hydrogen (secondary N) is 1. The van der Waals surface area contributed by atoms with Crippen LogP contribution in [0.1, 0.15) is 58.1 Å². The van der Waals surface area contributed by atoms with Crippen LogP contribution in [0.15, 0.2) is 72.8 Å². The Morgan fingerprint density at radius 3 is 1.87 bits per heavy atom. The van der Waals surface area contributed by atoms with Gasteiger partial charge in [-0.3, -0.25) is 14.5 Å². The van der Waals surface area contributed by atoms with Crippen molar-refractivity contribution < 1.29 is 19.8 Å². The number of aryl methyl sites for hydroxylation is 3. The molecule has 5 rings (SSSR count). The number of benzene rings is 3. The molecule has 6 heteroatoms. The van der Waals surface area contributed by atoms with E-state index in [1.807, 2.05) is 36.4 Å². The van der Waals surface area contributed by atoms with Crippen LogP contribution in [0.3, 0.4) is 0 Å². The molecule has 0 bridgehead atoms. The van der Waals surface area contributed by atoms with Crippen LogP contribution in [0.25, 0.3) is 0 Å². The molecule has 0 unspecified atom stereocenters. The lowest BCUT2D eigenvalue weighted by atomic mass is 9.96. The zero-order valence-electron chi connectivity index (χ0n) is 22.4. The number of rotatable bonds is 6. The van der Waals surface area contributed by atoms with E-state index < -0.39 is 18.0 Å². The van der Waals surface area contributed by atoms with Crippen LogP contribution in [0.4, 0.5) is 0 Å². The summed E-state index contributed by atoms with van der Waals surface area (Å²) in [5.74, 6) is -0.824. The molecular formula is C32H38N2O4. The minimum absolute atomic E-state index is 0.290. The van der Waals surface area contributed by atoms with Crippen molar-refractivity contribution in [1.29, 1.82) is 0 Å². The quantitative estimate of drug-likeness (QED) is 0.415. The molecule has 200 valence electrons. The first-order valence-corrected chi connectivity index (χ1v) is 13.3. The summed E-state index contributed by atoms with van der Waals surface area (Å²) in [6.45, 7) is 8.61. The van der Waals surface area contributed by atoms with Crippen LogP contribution >= 0.6 is 0 Å². The van der Waals surface area contributed by atoms with Gasteiger partial charge in [0.15, 0.2) is 0 Å². The SMILES string of the molecule is Cc1cc(C)c(CN2C[C@@H](c3ccccc3)C[C@H]2C(=O)O)c(C)c1.O=C(O)[C@@H]1C[C@H](c2ccccc2)CN1. The van der Waals surface area contributed by atoms with Crippen LogP contribution in [0.5, 0.6) is 0 Å². The van der Waals surface area contributed by atoms with Crippen LogP contribution in [-0.2, 0) is 16.1 Å². The second-order valence-electron chi connectivity index (χ2n) is 10.6. The van der Waals surface area contributed by atoms with Gasteiger partial charge in [0.25, 0.3) is 0 Å². The van der Waals surface area contributed by atoms with E-state index in [0.29, 0.717) is 31.2 Å². The molecule has 0 saturated carbocycles. The summed E-state index contributed by atoms with van der Waals surface area (Å²) in [6, 6.07) is 23.9. The summed E-state index contributed by atoms with van der Waals surface area (Å²) in [5.41, 5.74) is 7.49. The third-order valence-corrected chi connectivity index (χ3v) is 7.86. The fraction of sp³-hybridized carbons (Fsp3) is 0.375. The zero-order valence-corrected chi connectivity index (χ0v) is 22.4. The average Bonchev–Trinajstić information content (AvgIpc) is 3.56. The van der Waals surface area contributed by atoms with Crippen molar-refractivity contribution in [2.75, 3.05) is 13.1 Å². The molecule has 0 radical (unpaired) electrons. The van der Waals surface area contributed by atoms with Crippen LogP contribution < -0.4 is 5.32 Å². The van der Waals surface area contributed by atoms with E-state index in [9.17, 15) is 14.7 Å². The maximum absolute atomic E-state index is 11.8.